The highest BCUT2D eigenvalue weighted by Gasteiger charge is 2.20. The summed E-state index contributed by atoms with van der Waals surface area (Å²) in [4.78, 5) is 14.2. The molecule has 2 rings (SSSR count). The van der Waals surface area contributed by atoms with Gasteiger partial charge in [-0.1, -0.05) is 13.8 Å². The number of hydrogen-bond acceptors (Lipinski definition) is 5. The molecular formula is C15H27N5. The first-order valence-corrected chi connectivity index (χ1v) is 7.58. The number of nitrogens with one attached hydrogen (secondary N) is 1. The number of rotatable bonds is 4. The van der Waals surface area contributed by atoms with Crippen molar-refractivity contribution in [3.8, 4) is 0 Å². The van der Waals surface area contributed by atoms with E-state index in [9.17, 15) is 0 Å². The van der Waals surface area contributed by atoms with Crippen LogP contribution >= 0.6 is 0 Å². The molecule has 0 aliphatic carbocycles. The normalized spacial score (nSPS) is 16.8. The summed E-state index contributed by atoms with van der Waals surface area (Å²) in [6, 6.07) is 0. The van der Waals surface area contributed by atoms with E-state index in [2.05, 4.69) is 49.9 Å². The maximum atomic E-state index is 4.78. The maximum Gasteiger partial charge on any atom is 0.227 e. The van der Waals surface area contributed by atoms with Gasteiger partial charge >= 0.3 is 0 Å². The number of likely N-dealkylation sites (N-methyl/N-ethyl adjacent to an activating group) is 1. The molecule has 0 saturated carbocycles. The van der Waals surface area contributed by atoms with Crippen molar-refractivity contribution < 1.29 is 0 Å². The Morgan fingerprint density at radius 1 is 1.15 bits per heavy atom. The van der Waals surface area contributed by atoms with Gasteiger partial charge in [0.2, 0.25) is 5.95 Å². The van der Waals surface area contributed by atoms with Crippen molar-refractivity contribution in [3.63, 3.8) is 0 Å². The summed E-state index contributed by atoms with van der Waals surface area (Å²) in [5.41, 5.74) is 2.34. The molecule has 1 fully saturated rings. The second-order valence-electron chi connectivity index (χ2n) is 5.85. The van der Waals surface area contributed by atoms with Crippen molar-refractivity contribution in [2.24, 2.45) is 0 Å². The molecule has 5 nitrogen and oxygen atoms in total. The molecule has 2 heterocycles. The van der Waals surface area contributed by atoms with Gasteiger partial charge in [-0.2, -0.15) is 4.98 Å². The third-order valence-corrected chi connectivity index (χ3v) is 3.83. The molecule has 5 heteroatoms. The van der Waals surface area contributed by atoms with Gasteiger partial charge in [0.15, 0.2) is 0 Å². The lowest BCUT2D eigenvalue weighted by molar-refractivity contribution is 0.311. The Bertz CT molecular complexity index is 450. The Balaban J connectivity index is 2.30. The fourth-order valence-electron chi connectivity index (χ4n) is 2.71. The van der Waals surface area contributed by atoms with Crippen LogP contribution in [-0.2, 0) is 0 Å². The van der Waals surface area contributed by atoms with Crippen LogP contribution in [0.25, 0.3) is 0 Å². The van der Waals surface area contributed by atoms with Gasteiger partial charge in [-0.15, -0.1) is 0 Å². The quantitative estimate of drug-likeness (QED) is 0.913. The number of anilines is 2. The molecule has 112 valence electrons. The van der Waals surface area contributed by atoms with E-state index in [4.69, 9.17) is 9.97 Å². The lowest BCUT2D eigenvalue weighted by atomic mass is 10.0. The number of aryl methyl sites for hydroxylation is 1. The second-order valence-corrected chi connectivity index (χ2v) is 5.85. The molecule has 0 atom stereocenters. The minimum absolute atomic E-state index is 0.436. The van der Waals surface area contributed by atoms with E-state index in [1.54, 1.807) is 0 Å². The van der Waals surface area contributed by atoms with E-state index in [0.717, 1.165) is 50.2 Å². The van der Waals surface area contributed by atoms with Crippen LogP contribution in [0.2, 0.25) is 0 Å². The average Bonchev–Trinajstić information content (AvgIpc) is 2.38. The van der Waals surface area contributed by atoms with Crippen molar-refractivity contribution in [1.82, 2.24) is 14.9 Å². The Morgan fingerprint density at radius 2 is 1.80 bits per heavy atom. The molecular weight excluding hydrogens is 250 g/mol. The van der Waals surface area contributed by atoms with E-state index >= 15 is 0 Å². The van der Waals surface area contributed by atoms with E-state index in [1.807, 2.05) is 0 Å². The highest BCUT2D eigenvalue weighted by Crippen LogP contribution is 2.27. The Morgan fingerprint density at radius 3 is 2.35 bits per heavy atom. The van der Waals surface area contributed by atoms with Gasteiger partial charge < -0.3 is 15.1 Å². The second kappa shape index (κ2) is 6.39. The fraction of sp³-hybridized carbons (Fsp3) is 0.733. The molecule has 0 bridgehead atoms. The zero-order valence-corrected chi connectivity index (χ0v) is 13.4. The highest BCUT2D eigenvalue weighted by molar-refractivity contribution is 5.52. The van der Waals surface area contributed by atoms with Crippen LogP contribution < -0.4 is 10.2 Å². The van der Waals surface area contributed by atoms with E-state index in [-0.39, 0.29) is 0 Å². The molecule has 1 aromatic rings. The first-order chi connectivity index (χ1) is 9.52. The standard InChI is InChI=1S/C15H27N5/c1-6-16-14-13(11(2)3)12(4)17-15(18-14)20-9-7-19(5)8-10-20/h11H,6-10H2,1-5H3,(H,16,17,18). The molecule has 0 radical (unpaired) electrons. The van der Waals surface area contributed by atoms with Crippen molar-refractivity contribution in [2.45, 2.75) is 33.6 Å². The van der Waals surface area contributed by atoms with Crippen LogP contribution in [-0.4, -0.2) is 54.6 Å². The average molecular weight is 277 g/mol. The molecule has 1 saturated heterocycles. The van der Waals surface area contributed by atoms with Crippen LogP contribution in [0, 0.1) is 6.92 Å². The third kappa shape index (κ3) is 3.20. The molecule has 0 unspecified atom stereocenters. The third-order valence-electron chi connectivity index (χ3n) is 3.83. The highest BCUT2D eigenvalue weighted by atomic mass is 15.3. The van der Waals surface area contributed by atoms with E-state index in [1.165, 1.54) is 5.56 Å². The SMILES string of the molecule is CCNc1nc(N2CCN(C)CC2)nc(C)c1C(C)C. The van der Waals surface area contributed by atoms with Gasteiger partial charge in [-0.05, 0) is 26.8 Å². The van der Waals surface area contributed by atoms with Crippen LogP contribution in [0.5, 0.6) is 0 Å². The molecule has 0 amide bonds. The molecule has 1 aromatic heterocycles. The zero-order valence-electron chi connectivity index (χ0n) is 13.4. The van der Waals surface area contributed by atoms with Crippen LogP contribution in [0.3, 0.4) is 0 Å². The lowest BCUT2D eigenvalue weighted by Gasteiger charge is -2.33. The minimum atomic E-state index is 0.436. The van der Waals surface area contributed by atoms with Gasteiger partial charge in [-0.3, -0.25) is 0 Å². The summed E-state index contributed by atoms with van der Waals surface area (Å²) in [5.74, 6) is 2.31. The first kappa shape index (κ1) is 15.0. The number of nitrogens with zero attached hydrogens (tertiary/aromatic N) is 4. The number of aromatic nitrogens is 2. The van der Waals surface area contributed by atoms with Crippen molar-refractivity contribution >= 4 is 11.8 Å². The maximum absolute atomic E-state index is 4.78. The molecule has 0 aromatic carbocycles. The Labute approximate surface area is 122 Å². The van der Waals surface area contributed by atoms with Crippen LogP contribution in [0.15, 0.2) is 0 Å². The number of hydrogen-bond donors (Lipinski definition) is 1. The Hall–Kier alpha value is -1.36. The molecule has 1 aliphatic rings. The van der Waals surface area contributed by atoms with Crippen molar-refractivity contribution in [2.75, 3.05) is 50.0 Å². The summed E-state index contributed by atoms with van der Waals surface area (Å²) >= 11 is 0. The van der Waals surface area contributed by atoms with Gasteiger partial charge in [0.25, 0.3) is 0 Å². The molecule has 20 heavy (non-hydrogen) atoms. The van der Waals surface area contributed by atoms with Crippen LogP contribution in [0.4, 0.5) is 11.8 Å². The zero-order chi connectivity index (χ0) is 14.7. The van der Waals surface area contributed by atoms with Crippen LogP contribution in [0.1, 0.15) is 37.9 Å². The monoisotopic (exact) mass is 277 g/mol. The molecule has 1 aliphatic heterocycles. The van der Waals surface area contributed by atoms with Gasteiger partial charge in [0, 0.05) is 44.0 Å². The predicted molar refractivity (Wildman–Crippen MR) is 84.7 cm³/mol. The topological polar surface area (TPSA) is 44.3 Å². The summed E-state index contributed by atoms with van der Waals surface area (Å²) in [7, 11) is 2.16. The van der Waals surface area contributed by atoms with Gasteiger partial charge in [0.1, 0.15) is 5.82 Å². The summed E-state index contributed by atoms with van der Waals surface area (Å²) in [6.45, 7) is 13.6. The summed E-state index contributed by atoms with van der Waals surface area (Å²) < 4.78 is 0. The lowest BCUT2D eigenvalue weighted by Crippen LogP contribution is -2.45. The largest absolute Gasteiger partial charge is 0.370 e. The number of piperazine rings is 1. The van der Waals surface area contributed by atoms with E-state index < -0.39 is 0 Å². The van der Waals surface area contributed by atoms with Gasteiger partial charge in [-0.25, -0.2) is 4.98 Å². The minimum Gasteiger partial charge on any atom is -0.370 e. The predicted octanol–water partition coefficient (Wildman–Crippen LogP) is 2.09. The summed E-state index contributed by atoms with van der Waals surface area (Å²) in [5, 5.41) is 3.40. The van der Waals surface area contributed by atoms with Crippen molar-refractivity contribution in [3.05, 3.63) is 11.3 Å². The van der Waals surface area contributed by atoms with E-state index in [0.29, 0.717) is 5.92 Å². The smallest absolute Gasteiger partial charge is 0.227 e. The van der Waals surface area contributed by atoms with Gasteiger partial charge in [0.05, 0.1) is 0 Å². The molecule has 0 spiro atoms. The molecule has 1 N–H and O–H groups in total. The Kier molecular flexibility index (Phi) is 4.81. The summed E-state index contributed by atoms with van der Waals surface area (Å²) in [6.07, 6.45) is 0. The van der Waals surface area contributed by atoms with Crippen molar-refractivity contribution in [1.29, 1.82) is 0 Å². The first-order valence-electron chi connectivity index (χ1n) is 7.58. The fourth-order valence-corrected chi connectivity index (χ4v) is 2.71.